The summed E-state index contributed by atoms with van der Waals surface area (Å²) < 4.78 is 0. The molecule has 0 saturated heterocycles. The Morgan fingerprint density at radius 2 is 1.88 bits per heavy atom. The van der Waals surface area contributed by atoms with E-state index in [1.807, 2.05) is 0 Å². The summed E-state index contributed by atoms with van der Waals surface area (Å²) in [6.07, 6.45) is 5.12. The first-order chi connectivity index (χ1) is 7.59. The van der Waals surface area contributed by atoms with Gasteiger partial charge >= 0.3 is 0 Å². The van der Waals surface area contributed by atoms with Crippen molar-refractivity contribution >= 4 is 0 Å². The molecule has 0 aliphatic heterocycles. The second-order valence-corrected chi connectivity index (χ2v) is 6.18. The van der Waals surface area contributed by atoms with Crippen molar-refractivity contribution < 1.29 is 0 Å². The molecule has 1 aromatic carbocycles. The van der Waals surface area contributed by atoms with Crippen molar-refractivity contribution in [3.05, 3.63) is 34.9 Å². The molecule has 2 aliphatic carbocycles. The highest BCUT2D eigenvalue weighted by atomic mass is 14.7. The van der Waals surface area contributed by atoms with E-state index in [1.54, 1.807) is 11.1 Å². The number of benzene rings is 1. The van der Waals surface area contributed by atoms with Crippen molar-refractivity contribution in [2.24, 2.45) is 11.1 Å². The van der Waals surface area contributed by atoms with E-state index in [0.29, 0.717) is 5.41 Å². The van der Waals surface area contributed by atoms with Gasteiger partial charge in [-0.25, -0.2) is 0 Å². The van der Waals surface area contributed by atoms with Crippen LogP contribution in [0.1, 0.15) is 43.4 Å². The SMILES string of the molecule is CC1(C)CC1(CN)c1ccc2c(c1)CCC2. The lowest BCUT2D eigenvalue weighted by Gasteiger charge is -2.20. The minimum absolute atomic E-state index is 0.268. The summed E-state index contributed by atoms with van der Waals surface area (Å²) >= 11 is 0. The van der Waals surface area contributed by atoms with Gasteiger partial charge in [0.2, 0.25) is 0 Å². The number of rotatable bonds is 2. The Bertz CT molecular complexity index is 433. The molecule has 1 unspecified atom stereocenters. The summed E-state index contributed by atoms with van der Waals surface area (Å²) in [6, 6.07) is 7.10. The zero-order valence-corrected chi connectivity index (χ0v) is 10.3. The minimum Gasteiger partial charge on any atom is -0.330 e. The summed E-state index contributed by atoms with van der Waals surface area (Å²) in [5, 5.41) is 0. The lowest BCUT2D eigenvalue weighted by molar-refractivity contribution is 0.502. The summed E-state index contributed by atoms with van der Waals surface area (Å²) in [6.45, 7) is 5.47. The predicted molar refractivity (Wildman–Crippen MR) is 67.6 cm³/mol. The molecule has 1 aromatic rings. The second kappa shape index (κ2) is 3.10. The van der Waals surface area contributed by atoms with Gasteiger partial charge in [-0.1, -0.05) is 32.0 Å². The number of hydrogen-bond donors (Lipinski definition) is 1. The van der Waals surface area contributed by atoms with Gasteiger partial charge in [0.25, 0.3) is 0 Å². The summed E-state index contributed by atoms with van der Waals surface area (Å²) in [4.78, 5) is 0. The largest absolute Gasteiger partial charge is 0.330 e. The highest BCUT2D eigenvalue weighted by Gasteiger charge is 2.60. The van der Waals surface area contributed by atoms with Gasteiger partial charge in [-0.15, -0.1) is 0 Å². The van der Waals surface area contributed by atoms with Gasteiger partial charge < -0.3 is 5.73 Å². The molecule has 0 spiro atoms. The maximum atomic E-state index is 6.02. The normalized spacial score (nSPS) is 30.2. The maximum absolute atomic E-state index is 6.02. The molecule has 0 aromatic heterocycles. The van der Waals surface area contributed by atoms with E-state index in [-0.39, 0.29) is 5.41 Å². The van der Waals surface area contributed by atoms with Crippen LogP contribution in [0, 0.1) is 5.41 Å². The Morgan fingerprint density at radius 3 is 2.50 bits per heavy atom. The summed E-state index contributed by atoms with van der Waals surface area (Å²) in [7, 11) is 0. The Morgan fingerprint density at radius 1 is 1.19 bits per heavy atom. The fourth-order valence-electron chi connectivity index (χ4n) is 3.54. The Balaban J connectivity index is 2.02. The number of aryl methyl sites for hydroxylation is 2. The van der Waals surface area contributed by atoms with E-state index >= 15 is 0 Å². The average Bonchev–Trinajstić information content (AvgIpc) is 2.63. The van der Waals surface area contributed by atoms with Crippen molar-refractivity contribution in [1.82, 2.24) is 0 Å². The molecule has 1 fully saturated rings. The molecule has 3 rings (SSSR count). The van der Waals surface area contributed by atoms with Gasteiger partial charge in [0, 0.05) is 12.0 Å². The van der Waals surface area contributed by atoms with Gasteiger partial charge in [0.15, 0.2) is 0 Å². The third kappa shape index (κ3) is 1.21. The average molecular weight is 215 g/mol. The molecular weight excluding hydrogens is 194 g/mol. The standard InChI is InChI=1S/C15H21N/c1-14(2)9-15(14,10-16)13-7-6-11-4-3-5-12(11)8-13/h6-8H,3-5,9-10,16H2,1-2H3. The number of fused-ring (bicyclic) bond motifs is 1. The second-order valence-electron chi connectivity index (χ2n) is 6.18. The molecule has 0 radical (unpaired) electrons. The Kier molecular flexibility index (Phi) is 2.00. The minimum atomic E-state index is 0.268. The van der Waals surface area contributed by atoms with E-state index in [2.05, 4.69) is 32.0 Å². The molecular formula is C15H21N. The molecule has 0 amide bonds. The van der Waals surface area contributed by atoms with Crippen LogP contribution in [0.4, 0.5) is 0 Å². The van der Waals surface area contributed by atoms with Crippen LogP contribution in [0.5, 0.6) is 0 Å². The zero-order chi connectivity index (χ0) is 11.4. The maximum Gasteiger partial charge on any atom is 0.0132 e. The Hall–Kier alpha value is -0.820. The van der Waals surface area contributed by atoms with Crippen LogP contribution in [0.15, 0.2) is 18.2 Å². The predicted octanol–water partition coefficient (Wildman–Crippen LogP) is 2.80. The van der Waals surface area contributed by atoms with Crippen LogP contribution in [-0.2, 0) is 18.3 Å². The van der Waals surface area contributed by atoms with E-state index < -0.39 is 0 Å². The molecule has 0 heterocycles. The van der Waals surface area contributed by atoms with Crippen molar-refractivity contribution in [2.45, 2.75) is 44.9 Å². The van der Waals surface area contributed by atoms with Crippen LogP contribution in [0.2, 0.25) is 0 Å². The van der Waals surface area contributed by atoms with E-state index in [0.717, 1.165) is 6.54 Å². The monoisotopic (exact) mass is 215 g/mol. The molecule has 2 aliphatic rings. The highest BCUT2D eigenvalue weighted by molar-refractivity contribution is 5.44. The van der Waals surface area contributed by atoms with Gasteiger partial charge in [-0.2, -0.15) is 0 Å². The zero-order valence-electron chi connectivity index (χ0n) is 10.3. The van der Waals surface area contributed by atoms with E-state index in [4.69, 9.17) is 5.73 Å². The first-order valence-corrected chi connectivity index (χ1v) is 6.41. The van der Waals surface area contributed by atoms with Crippen LogP contribution < -0.4 is 5.73 Å². The topological polar surface area (TPSA) is 26.0 Å². The molecule has 86 valence electrons. The molecule has 0 bridgehead atoms. The van der Waals surface area contributed by atoms with E-state index in [1.165, 1.54) is 31.2 Å². The molecule has 16 heavy (non-hydrogen) atoms. The highest BCUT2D eigenvalue weighted by Crippen LogP contribution is 2.63. The lowest BCUT2D eigenvalue weighted by atomic mass is 9.86. The molecule has 1 saturated carbocycles. The third-order valence-electron chi connectivity index (χ3n) is 4.91. The fourth-order valence-corrected chi connectivity index (χ4v) is 3.54. The fraction of sp³-hybridized carbons (Fsp3) is 0.600. The lowest BCUT2D eigenvalue weighted by Crippen LogP contribution is -2.25. The van der Waals surface area contributed by atoms with Gasteiger partial charge in [0.1, 0.15) is 0 Å². The number of nitrogens with two attached hydrogens (primary N) is 1. The van der Waals surface area contributed by atoms with Crippen molar-refractivity contribution in [2.75, 3.05) is 6.54 Å². The first kappa shape index (κ1) is 10.3. The van der Waals surface area contributed by atoms with Crippen molar-refractivity contribution in [3.63, 3.8) is 0 Å². The number of hydrogen-bond acceptors (Lipinski definition) is 1. The van der Waals surface area contributed by atoms with Crippen molar-refractivity contribution in [3.8, 4) is 0 Å². The van der Waals surface area contributed by atoms with Crippen LogP contribution in [-0.4, -0.2) is 6.54 Å². The van der Waals surface area contributed by atoms with Gasteiger partial charge in [-0.3, -0.25) is 0 Å². The van der Waals surface area contributed by atoms with Gasteiger partial charge in [0.05, 0.1) is 0 Å². The molecule has 1 atom stereocenters. The molecule has 1 nitrogen and oxygen atoms in total. The van der Waals surface area contributed by atoms with Crippen LogP contribution >= 0.6 is 0 Å². The van der Waals surface area contributed by atoms with Crippen LogP contribution in [0.3, 0.4) is 0 Å². The van der Waals surface area contributed by atoms with Crippen LogP contribution in [0.25, 0.3) is 0 Å². The Labute approximate surface area is 98.0 Å². The smallest absolute Gasteiger partial charge is 0.0132 e. The third-order valence-corrected chi connectivity index (χ3v) is 4.91. The summed E-state index contributed by atoms with van der Waals surface area (Å²) in [5.74, 6) is 0. The summed E-state index contributed by atoms with van der Waals surface area (Å²) in [5.41, 5.74) is 11.3. The molecule has 2 N–H and O–H groups in total. The van der Waals surface area contributed by atoms with Crippen molar-refractivity contribution in [1.29, 1.82) is 0 Å². The molecule has 1 heteroatoms. The first-order valence-electron chi connectivity index (χ1n) is 6.41. The van der Waals surface area contributed by atoms with E-state index in [9.17, 15) is 0 Å². The quantitative estimate of drug-likeness (QED) is 0.806. The van der Waals surface area contributed by atoms with Gasteiger partial charge in [-0.05, 0) is 47.8 Å².